The van der Waals surface area contributed by atoms with Gasteiger partial charge in [0.05, 0.1) is 31.2 Å². The molecule has 1 atom stereocenters. The summed E-state index contributed by atoms with van der Waals surface area (Å²) in [5.41, 5.74) is 3.16. The Morgan fingerprint density at radius 2 is 2.03 bits per heavy atom. The molecule has 1 saturated heterocycles. The van der Waals surface area contributed by atoms with Crippen molar-refractivity contribution in [1.29, 1.82) is 0 Å². The van der Waals surface area contributed by atoms with Crippen LogP contribution in [-0.4, -0.2) is 74.7 Å². The minimum Gasteiger partial charge on any atom is -0.479 e. The summed E-state index contributed by atoms with van der Waals surface area (Å²) in [7, 11) is 3.06. The van der Waals surface area contributed by atoms with Crippen LogP contribution in [-0.2, 0) is 6.54 Å². The van der Waals surface area contributed by atoms with Gasteiger partial charge in [0.15, 0.2) is 0 Å². The molecule has 1 aliphatic rings. The number of anilines is 1. The Kier molecular flexibility index (Phi) is 5.34. The zero-order valence-corrected chi connectivity index (χ0v) is 18.8. The quantitative estimate of drug-likeness (QED) is 0.427. The second kappa shape index (κ2) is 8.12. The molecule has 0 spiro atoms. The molecule has 1 aliphatic heterocycles. The van der Waals surface area contributed by atoms with E-state index in [-0.39, 0.29) is 24.9 Å². The molecule has 0 radical (unpaired) electrons. The number of methoxy groups -OCH3 is 1. The lowest BCUT2D eigenvalue weighted by molar-refractivity contribution is 0.00582. The van der Waals surface area contributed by atoms with Gasteiger partial charge < -0.3 is 14.6 Å². The molecular weight excluding hydrogens is 454 g/mol. The number of halogens is 4. The van der Waals surface area contributed by atoms with Crippen LogP contribution < -0.4 is 10.1 Å². The first-order valence-electron chi connectivity index (χ1n) is 10.7. The SMILES string of the molecule is COc1nc(NC2CN(C)CC2(F)F)nn2ccc(-c3ccc4nc(C)n(CC(F)F)c4c3)c12. The first-order valence-corrected chi connectivity index (χ1v) is 10.7. The van der Waals surface area contributed by atoms with Crippen molar-refractivity contribution in [3.63, 3.8) is 0 Å². The van der Waals surface area contributed by atoms with E-state index in [1.54, 1.807) is 38.4 Å². The lowest BCUT2D eigenvalue weighted by Gasteiger charge is -2.19. The van der Waals surface area contributed by atoms with E-state index >= 15 is 0 Å². The number of aryl methyl sites for hydroxylation is 1. The molecule has 1 unspecified atom stereocenters. The number of imidazole rings is 1. The molecule has 0 aliphatic carbocycles. The molecule has 1 aromatic carbocycles. The van der Waals surface area contributed by atoms with E-state index in [0.29, 0.717) is 27.9 Å². The fourth-order valence-electron chi connectivity index (χ4n) is 4.49. The van der Waals surface area contributed by atoms with Gasteiger partial charge in [0.1, 0.15) is 17.4 Å². The molecule has 34 heavy (non-hydrogen) atoms. The maximum Gasteiger partial charge on any atom is 0.281 e. The molecular formula is C22H23F4N7O. The maximum absolute atomic E-state index is 14.3. The third-order valence-corrected chi connectivity index (χ3v) is 6.03. The minimum absolute atomic E-state index is 0.0209. The molecule has 3 aromatic heterocycles. The number of aromatic nitrogens is 5. The highest BCUT2D eigenvalue weighted by atomic mass is 19.3. The van der Waals surface area contributed by atoms with Crippen molar-refractivity contribution < 1.29 is 22.3 Å². The van der Waals surface area contributed by atoms with Crippen molar-refractivity contribution in [3.8, 4) is 17.0 Å². The second-order valence-corrected chi connectivity index (χ2v) is 8.49. The smallest absolute Gasteiger partial charge is 0.281 e. The van der Waals surface area contributed by atoms with Crippen LogP contribution in [0.2, 0.25) is 0 Å². The average molecular weight is 477 g/mol. The van der Waals surface area contributed by atoms with Gasteiger partial charge in [-0.1, -0.05) is 6.07 Å². The van der Waals surface area contributed by atoms with Crippen molar-refractivity contribution in [2.75, 3.05) is 32.6 Å². The highest BCUT2D eigenvalue weighted by molar-refractivity contribution is 5.89. The van der Waals surface area contributed by atoms with Crippen LogP contribution in [0, 0.1) is 6.92 Å². The Morgan fingerprint density at radius 3 is 2.71 bits per heavy atom. The van der Waals surface area contributed by atoms with Crippen LogP contribution >= 0.6 is 0 Å². The first-order chi connectivity index (χ1) is 16.2. The molecule has 8 nitrogen and oxygen atoms in total. The van der Waals surface area contributed by atoms with Crippen LogP contribution in [0.15, 0.2) is 30.5 Å². The number of hydrogen-bond acceptors (Lipinski definition) is 6. The molecule has 0 bridgehead atoms. The lowest BCUT2D eigenvalue weighted by atomic mass is 10.1. The Hall–Kier alpha value is -3.41. The van der Waals surface area contributed by atoms with Gasteiger partial charge >= 0.3 is 0 Å². The summed E-state index contributed by atoms with van der Waals surface area (Å²) in [4.78, 5) is 10.2. The van der Waals surface area contributed by atoms with Crippen molar-refractivity contribution in [2.24, 2.45) is 0 Å². The second-order valence-electron chi connectivity index (χ2n) is 8.49. The number of ether oxygens (including phenoxy) is 1. The van der Waals surface area contributed by atoms with Crippen LogP contribution in [0.1, 0.15) is 5.82 Å². The predicted molar refractivity (Wildman–Crippen MR) is 119 cm³/mol. The number of likely N-dealkylation sites (N-methyl/N-ethyl adjacent to an activating group) is 1. The van der Waals surface area contributed by atoms with E-state index in [2.05, 4.69) is 20.4 Å². The molecule has 0 amide bonds. The lowest BCUT2D eigenvalue weighted by Crippen LogP contribution is -2.38. The van der Waals surface area contributed by atoms with Crippen LogP contribution in [0.3, 0.4) is 0 Å². The van der Waals surface area contributed by atoms with Gasteiger partial charge in [-0.05, 0) is 37.7 Å². The number of nitrogens with zero attached hydrogens (tertiary/aromatic N) is 6. The molecule has 4 heterocycles. The summed E-state index contributed by atoms with van der Waals surface area (Å²) < 4.78 is 63.2. The topological polar surface area (TPSA) is 72.5 Å². The summed E-state index contributed by atoms with van der Waals surface area (Å²) in [5, 5.41) is 7.09. The number of benzene rings is 1. The molecule has 180 valence electrons. The first kappa shape index (κ1) is 22.4. The van der Waals surface area contributed by atoms with Crippen molar-refractivity contribution in [2.45, 2.75) is 31.9 Å². The van der Waals surface area contributed by atoms with Gasteiger partial charge in [0.25, 0.3) is 12.3 Å². The fraction of sp³-hybridized carbons (Fsp3) is 0.409. The molecule has 4 aromatic rings. The minimum atomic E-state index is -2.92. The Labute approximate surface area is 192 Å². The highest BCUT2D eigenvalue weighted by Gasteiger charge is 2.47. The van der Waals surface area contributed by atoms with Crippen molar-refractivity contribution >= 4 is 22.5 Å². The largest absolute Gasteiger partial charge is 0.479 e. The number of nitrogens with one attached hydrogen (secondary N) is 1. The van der Waals surface area contributed by atoms with E-state index in [1.165, 1.54) is 21.1 Å². The van der Waals surface area contributed by atoms with Gasteiger partial charge in [-0.3, -0.25) is 4.90 Å². The van der Waals surface area contributed by atoms with Gasteiger partial charge in [-0.25, -0.2) is 27.1 Å². The van der Waals surface area contributed by atoms with Crippen LogP contribution in [0.5, 0.6) is 5.88 Å². The number of alkyl halides is 4. The summed E-state index contributed by atoms with van der Waals surface area (Å²) in [6, 6.07) is 6.04. The van der Waals surface area contributed by atoms with E-state index in [0.717, 1.165) is 5.56 Å². The Balaban J connectivity index is 1.56. The van der Waals surface area contributed by atoms with Gasteiger partial charge in [0, 0.05) is 18.3 Å². The fourth-order valence-corrected chi connectivity index (χ4v) is 4.49. The van der Waals surface area contributed by atoms with E-state index in [9.17, 15) is 17.6 Å². The van der Waals surface area contributed by atoms with Gasteiger partial charge in [-0.2, -0.15) is 4.98 Å². The third kappa shape index (κ3) is 3.81. The number of hydrogen-bond donors (Lipinski definition) is 1. The standard InChI is InChI=1S/C22H23F4N7O/c1-12-27-15-5-4-13(8-16(15)32(12)10-18(23)24)14-6-7-33-19(14)20(34-3)29-21(30-33)28-17-9-31(2)11-22(17,25)26/h4-8,17-18H,9-11H2,1-3H3,(H,28,30). The monoisotopic (exact) mass is 477 g/mol. The molecule has 5 rings (SSSR count). The van der Waals surface area contributed by atoms with Crippen molar-refractivity contribution in [1.82, 2.24) is 29.0 Å². The van der Waals surface area contributed by atoms with E-state index in [1.807, 2.05) is 6.07 Å². The summed E-state index contributed by atoms with van der Waals surface area (Å²) in [6.45, 7) is 1.04. The number of likely N-dealkylation sites (tertiary alicyclic amines) is 1. The third-order valence-electron chi connectivity index (χ3n) is 6.03. The maximum atomic E-state index is 14.3. The average Bonchev–Trinajstić information content (AvgIpc) is 3.40. The summed E-state index contributed by atoms with van der Waals surface area (Å²) in [6.07, 6.45) is -0.841. The zero-order chi connectivity index (χ0) is 24.2. The van der Waals surface area contributed by atoms with E-state index in [4.69, 9.17) is 4.74 Å². The molecule has 12 heteroatoms. The summed E-state index contributed by atoms with van der Waals surface area (Å²) in [5.74, 6) is -2.20. The zero-order valence-electron chi connectivity index (χ0n) is 18.8. The Bertz CT molecular complexity index is 1370. The Morgan fingerprint density at radius 1 is 1.24 bits per heavy atom. The van der Waals surface area contributed by atoms with Gasteiger partial charge in [0.2, 0.25) is 11.8 Å². The normalized spacial score (nSPS) is 18.4. The molecule has 1 fully saturated rings. The van der Waals surface area contributed by atoms with Crippen LogP contribution in [0.4, 0.5) is 23.5 Å². The number of fused-ring (bicyclic) bond motifs is 2. The summed E-state index contributed by atoms with van der Waals surface area (Å²) >= 11 is 0. The van der Waals surface area contributed by atoms with E-state index < -0.39 is 24.9 Å². The molecule has 0 saturated carbocycles. The van der Waals surface area contributed by atoms with Gasteiger partial charge in [-0.15, -0.1) is 5.10 Å². The van der Waals surface area contributed by atoms with Crippen LogP contribution in [0.25, 0.3) is 27.7 Å². The highest BCUT2D eigenvalue weighted by Crippen LogP contribution is 2.34. The van der Waals surface area contributed by atoms with Crippen molar-refractivity contribution in [3.05, 3.63) is 36.3 Å². The molecule has 1 N–H and O–H groups in total. The number of rotatable bonds is 6. The predicted octanol–water partition coefficient (Wildman–Crippen LogP) is 3.69.